The minimum atomic E-state index is 0.390. The van der Waals surface area contributed by atoms with E-state index >= 15 is 0 Å². The molecule has 3 nitrogen and oxygen atoms in total. The zero-order valence-corrected chi connectivity index (χ0v) is 12.4. The van der Waals surface area contributed by atoms with Crippen LogP contribution >= 0.6 is 11.6 Å². The molecule has 2 N–H and O–H groups in total. The van der Waals surface area contributed by atoms with Crippen molar-refractivity contribution >= 4 is 17.3 Å². The molecule has 0 spiro atoms. The van der Waals surface area contributed by atoms with Crippen molar-refractivity contribution in [1.82, 2.24) is 0 Å². The maximum absolute atomic E-state index is 5.98. The van der Waals surface area contributed by atoms with Gasteiger partial charge in [0, 0.05) is 16.3 Å². The van der Waals surface area contributed by atoms with E-state index in [0.29, 0.717) is 23.9 Å². The smallest absolute Gasteiger partial charge is 0.126 e. The molecular formula is C16H18ClNO2. The fraction of sp³-hybridized carbons (Fsp3) is 0.250. The summed E-state index contributed by atoms with van der Waals surface area (Å²) in [6, 6.07) is 11.1. The van der Waals surface area contributed by atoms with E-state index in [9.17, 15) is 0 Å². The summed E-state index contributed by atoms with van der Waals surface area (Å²) in [5.41, 5.74) is 8.46. The van der Waals surface area contributed by atoms with Gasteiger partial charge in [-0.3, -0.25) is 0 Å². The lowest BCUT2D eigenvalue weighted by Gasteiger charge is -2.13. The highest BCUT2D eigenvalue weighted by Gasteiger charge is 2.07. The molecule has 0 amide bonds. The van der Waals surface area contributed by atoms with Crippen molar-refractivity contribution in [2.24, 2.45) is 0 Å². The van der Waals surface area contributed by atoms with Crippen LogP contribution in [0.2, 0.25) is 5.02 Å². The molecule has 0 radical (unpaired) electrons. The summed E-state index contributed by atoms with van der Waals surface area (Å²) >= 11 is 5.98. The molecule has 0 saturated heterocycles. The van der Waals surface area contributed by atoms with Crippen molar-refractivity contribution in [2.45, 2.75) is 20.5 Å². The Morgan fingerprint density at radius 1 is 1.05 bits per heavy atom. The second-order valence-corrected chi connectivity index (χ2v) is 4.94. The Bertz CT molecular complexity index is 599. The number of halogens is 1. The first kappa shape index (κ1) is 14.5. The standard InChI is InChI=1S/C16H18ClNO2/c1-3-19-15-7-6-14(18)8-12(15)10-20-16-9-13(17)5-4-11(16)2/h4-9H,3,10,18H2,1-2H3. The van der Waals surface area contributed by atoms with Gasteiger partial charge in [0.2, 0.25) is 0 Å². The minimum Gasteiger partial charge on any atom is -0.493 e. The first-order valence-corrected chi connectivity index (χ1v) is 6.88. The van der Waals surface area contributed by atoms with Crippen LogP contribution in [-0.2, 0) is 6.61 Å². The van der Waals surface area contributed by atoms with Gasteiger partial charge in [0.15, 0.2) is 0 Å². The molecule has 106 valence electrons. The first-order chi connectivity index (χ1) is 9.60. The van der Waals surface area contributed by atoms with Crippen molar-refractivity contribution in [3.05, 3.63) is 52.5 Å². The van der Waals surface area contributed by atoms with Gasteiger partial charge in [-0.15, -0.1) is 0 Å². The molecule has 0 aromatic heterocycles. The van der Waals surface area contributed by atoms with Crippen LogP contribution < -0.4 is 15.2 Å². The maximum Gasteiger partial charge on any atom is 0.126 e. The minimum absolute atomic E-state index is 0.390. The van der Waals surface area contributed by atoms with E-state index in [4.69, 9.17) is 26.8 Å². The number of ether oxygens (including phenoxy) is 2. The third kappa shape index (κ3) is 3.58. The lowest BCUT2D eigenvalue weighted by Crippen LogP contribution is -2.02. The van der Waals surface area contributed by atoms with Gasteiger partial charge in [0.1, 0.15) is 18.1 Å². The highest BCUT2D eigenvalue weighted by molar-refractivity contribution is 6.30. The summed E-state index contributed by atoms with van der Waals surface area (Å²) in [4.78, 5) is 0. The molecule has 4 heteroatoms. The Labute approximate surface area is 124 Å². The van der Waals surface area contributed by atoms with Gasteiger partial charge in [-0.1, -0.05) is 17.7 Å². The third-order valence-electron chi connectivity index (χ3n) is 2.92. The Morgan fingerprint density at radius 2 is 1.85 bits per heavy atom. The van der Waals surface area contributed by atoms with Crippen LogP contribution in [-0.4, -0.2) is 6.61 Å². The predicted octanol–water partition coefficient (Wildman–Crippen LogP) is 4.21. The molecule has 0 saturated carbocycles. The van der Waals surface area contributed by atoms with Crippen molar-refractivity contribution < 1.29 is 9.47 Å². The number of nitrogens with two attached hydrogens (primary N) is 1. The van der Waals surface area contributed by atoms with Crippen LogP contribution in [0.25, 0.3) is 0 Å². The summed E-state index contributed by atoms with van der Waals surface area (Å²) in [5, 5.41) is 0.656. The average Bonchev–Trinajstić information content (AvgIpc) is 2.42. The fourth-order valence-corrected chi connectivity index (χ4v) is 2.06. The van der Waals surface area contributed by atoms with Crippen molar-refractivity contribution in [1.29, 1.82) is 0 Å². The number of nitrogen functional groups attached to an aromatic ring is 1. The Morgan fingerprint density at radius 3 is 2.60 bits per heavy atom. The van der Waals surface area contributed by atoms with E-state index in [0.717, 1.165) is 22.6 Å². The summed E-state index contributed by atoms with van der Waals surface area (Å²) in [5.74, 6) is 1.56. The highest BCUT2D eigenvalue weighted by Crippen LogP contribution is 2.26. The average molecular weight is 292 g/mol. The normalized spacial score (nSPS) is 10.3. The molecule has 0 unspecified atom stereocenters. The van der Waals surface area contributed by atoms with E-state index in [1.54, 1.807) is 0 Å². The lowest BCUT2D eigenvalue weighted by molar-refractivity contribution is 0.285. The van der Waals surface area contributed by atoms with Crippen molar-refractivity contribution in [2.75, 3.05) is 12.3 Å². The third-order valence-corrected chi connectivity index (χ3v) is 3.15. The topological polar surface area (TPSA) is 44.5 Å². The molecule has 20 heavy (non-hydrogen) atoms. The number of hydrogen-bond donors (Lipinski definition) is 1. The zero-order chi connectivity index (χ0) is 14.5. The summed E-state index contributed by atoms with van der Waals surface area (Å²) in [6.07, 6.45) is 0. The second-order valence-electron chi connectivity index (χ2n) is 4.50. The first-order valence-electron chi connectivity index (χ1n) is 6.50. The monoisotopic (exact) mass is 291 g/mol. The van der Waals surface area contributed by atoms with Gasteiger partial charge in [-0.2, -0.15) is 0 Å². The molecule has 0 atom stereocenters. The summed E-state index contributed by atoms with van der Waals surface area (Å²) in [7, 11) is 0. The van der Waals surface area contributed by atoms with Crippen LogP contribution in [0.15, 0.2) is 36.4 Å². The molecule has 0 aliphatic heterocycles. The second kappa shape index (κ2) is 6.53. The number of anilines is 1. The predicted molar refractivity (Wildman–Crippen MR) is 82.5 cm³/mol. The largest absolute Gasteiger partial charge is 0.493 e. The molecule has 2 aromatic rings. The van der Waals surface area contributed by atoms with Gasteiger partial charge in [0.25, 0.3) is 0 Å². The van der Waals surface area contributed by atoms with Crippen LogP contribution in [0, 0.1) is 6.92 Å². The summed E-state index contributed by atoms with van der Waals surface area (Å²) in [6.45, 7) is 4.92. The van der Waals surface area contributed by atoms with E-state index in [-0.39, 0.29) is 0 Å². The van der Waals surface area contributed by atoms with E-state index < -0.39 is 0 Å². The Kier molecular flexibility index (Phi) is 4.74. The number of benzene rings is 2. The molecular weight excluding hydrogens is 274 g/mol. The van der Waals surface area contributed by atoms with Gasteiger partial charge >= 0.3 is 0 Å². The maximum atomic E-state index is 5.98. The number of rotatable bonds is 5. The van der Waals surface area contributed by atoms with Gasteiger partial charge < -0.3 is 15.2 Å². The van der Waals surface area contributed by atoms with Crippen molar-refractivity contribution in [3.8, 4) is 11.5 Å². The number of aryl methyl sites for hydroxylation is 1. The molecule has 2 aromatic carbocycles. The number of hydrogen-bond acceptors (Lipinski definition) is 3. The highest BCUT2D eigenvalue weighted by atomic mass is 35.5. The zero-order valence-electron chi connectivity index (χ0n) is 11.7. The Balaban J connectivity index is 2.17. The summed E-state index contributed by atoms with van der Waals surface area (Å²) < 4.78 is 11.4. The van der Waals surface area contributed by atoms with Gasteiger partial charge in [-0.05, 0) is 49.7 Å². The fourth-order valence-electron chi connectivity index (χ4n) is 1.89. The molecule has 0 aliphatic rings. The molecule has 0 aliphatic carbocycles. The van der Waals surface area contributed by atoms with E-state index in [1.165, 1.54) is 0 Å². The van der Waals surface area contributed by atoms with Crippen LogP contribution in [0.4, 0.5) is 5.69 Å². The van der Waals surface area contributed by atoms with Crippen molar-refractivity contribution in [3.63, 3.8) is 0 Å². The van der Waals surface area contributed by atoms with E-state index in [2.05, 4.69) is 0 Å². The van der Waals surface area contributed by atoms with Crippen LogP contribution in [0.5, 0.6) is 11.5 Å². The lowest BCUT2D eigenvalue weighted by atomic mass is 10.2. The van der Waals surface area contributed by atoms with Crippen LogP contribution in [0.3, 0.4) is 0 Å². The SMILES string of the molecule is CCOc1ccc(N)cc1COc1cc(Cl)ccc1C. The molecule has 0 bridgehead atoms. The van der Waals surface area contributed by atoms with Gasteiger partial charge in [-0.25, -0.2) is 0 Å². The van der Waals surface area contributed by atoms with E-state index in [1.807, 2.05) is 50.2 Å². The quantitative estimate of drug-likeness (QED) is 0.839. The Hall–Kier alpha value is -1.87. The van der Waals surface area contributed by atoms with Crippen LogP contribution in [0.1, 0.15) is 18.1 Å². The molecule has 2 rings (SSSR count). The van der Waals surface area contributed by atoms with Gasteiger partial charge in [0.05, 0.1) is 6.61 Å². The molecule has 0 heterocycles. The molecule has 0 fully saturated rings.